The number of primary amides is 1. The molecule has 0 saturated heterocycles. The maximum atomic E-state index is 10.5. The van der Waals surface area contributed by atoms with Crippen LogP contribution in [0.15, 0.2) is 11.4 Å². The van der Waals surface area contributed by atoms with Crippen molar-refractivity contribution in [2.45, 2.75) is 38.6 Å². The van der Waals surface area contributed by atoms with E-state index in [1.165, 1.54) is 10.4 Å². The second-order valence-corrected chi connectivity index (χ2v) is 4.73. The molecule has 0 aliphatic rings. The Hall–Kier alpha value is -0.870. The molecule has 0 radical (unpaired) electrons. The van der Waals surface area contributed by atoms with Crippen LogP contribution in [0.4, 0.5) is 0 Å². The molecule has 0 fully saturated rings. The van der Waals surface area contributed by atoms with Gasteiger partial charge in [0.05, 0.1) is 0 Å². The van der Waals surface area contributed by atoms with E-state index in [2.05, 4.69) is 18.4 Å². The van der Waals surface area contributed by atoms with Gasteiger partial charge in [-0.2, -0.15) is 0 Å². The Labute approximate surface area is 94.5 Å². The lowest BCUT2D eigenvalue weighted by molar-refractivity contribution is -0.118. The lowest BCUT2D eigenvalue weighted by Gasteiger charge is -2.10. The van der Waals surface area contributed by atoms with E-state index in [1.807, 2.05) is 0 Å². The number of hydrogen-bond donors (Lipinski definition) is 2. The molecule has 0 saturated carbocycles. The molecule has 1 aromatic heterocycles. The first-order valence-electron chi connectivity index (χ1n) is 5.19. The predicted octanol–water partition coefficient (Wildman–Crippen LogP) is 2.10. The van der Waals surface area contributed by atoms with Gasteiger partial charge in [0.15, 0.2) is 0 Å². The van der Waals surface area contributed by atoms with E-state index in [0.29, 0.717) is 6.42 Å². The van der Waals surface area contributed by atoms with Crippen molar-refractivity contribution in [1.29, 1.82) is 0 Å². The minimum Gasteiger partial charge on any atom is -0.370 e. The fourth-order valence-electron chi connectivity index (χ4n) is 1.56. The van der Waals surface area contributed by atoms with E-state index in [9.17, 15) is 4.79 Å². The smallest absolute Gasteiger partial charge is 0.217 e. The number of thiophene rings is 1. The van der Waals surface area contributed by atoms with Crippen molar-refractivity contribution >= 4 is 17.2 Å². The summed E-state index contributed by atoms with van der Waals surface area (Å²) in [5.74, 6) is -0.226. The van der Waals surface area contributed by atoms with Crippen LogP contribution in [0.2, 0.25) is 0 Å². The maximum Gasteiger partial charge on any atom is 0.217 e. The van der Waals surface area contributed by atoms with Crippen LogP contribution in [0.3, 0.4) is 0 Å². The number of nitrogens with two attached hydrogens (primary N) is 2. The maximum absolute atomic E-state index is 10.5. The van der Waals surface area contributed by atoms with Gasteiger partial charge >= 0.3 is 0 Å². The van der Waals surface area contributed by atoms with Gasteiger partial charge in [-0.05, 0) is 36.8 Å². The van der Waals surface area contributed by atoms with Crippen LogP contribution in [-0.2, 0) is 4.79 Å². The molecule has 1 atom stereocenters. The van der Waals surface area contributed by atoms with Gasteiger partial charge in [0.1, 0.15) is 0 Å². The Balaban J connectivity index is 2.28. The van der Waals surface area contributed by atoms with Crippen molar-refractivity contribution in [1.82, 2.24) is 0 Å². The highest BCUT2D eigenvalue weighted by Gasteiger charge is 2.09. The SMILES string of the molecule is Cc1ccsc1C(N)CCCCC(N)=O. The Morgan fingerprint density at radius 2 is 2.27 bits per heavy atom. The van der Waals surface area contributed by atoms with Gasteiger partial charge < -0.3 is 11.5 Å². The van der Waals surface area contributed by atoms with Crippen LogP contribution < -0.4 is 11.5 Å². The fraction of sp³-hybridized carbons (Fsp3) is 0.545. The van der Waals surface area contributed by atoms with Gasteiger partial charge in [-0.1, -0.05) is 6.42 Å². The van der Waals surface area contributed by atoms with Crippen LogP contribution in [0, 0.1) is 6.92 Å². The summed E-state index contributed by atoms with van der Waals surface area (Å²) in [5.41, 5.74) is 12.4. The molecule has 4 heteroatoms. The first-order valence-corrected chi connectivity index (χ1v) is 6.07. The van der Waals surface area contributed by atoms with Crippen LogP contribution in [-0.4, -0.2) is 5.91 Å². The number of amides is 1. The molecule has 3 nitrogen and oxygen atoms in total. The Morgan fingerprint density at radius 3 is 2.80 bits per heavy atom. The molecule has 0 aliphatic carbocycles. The fourth-order valence-corrected chi connectivity index (χ4v) is 2.52. The lowest BCUT2D eigenvalue weighted by Crippen LogP contribution is -2.12. The molecule has 15 heavy (non-hydrogen) atoms. The highest BCUT2D eigenvalue weighted by atomic mass is 32.1. The molecule has 1 unspecified atom stereocenters. The number of carbonyl (C=O) groups is 1. The molecule has 1 aromatic rings. The summed E-state index contributed by atoms with van der Waals surface area (Å²) in [6.07, 6.45) is 3.19. The average molecular weight is 226 g/mol. The first-order chi connectivity index (χ1) is 7.11. The molecule has 0 bridgehead atoms. The number of carbonyl (C=O) groups excluding carboxylic acids is 1. The van der Waals surface area contributed by atoms with Gasteiger partial charge in [-0.15, -0.1) is 11.3 Å². The van der Waals surface area contributed by atoms with Crippen LogP contribution in [0.1, 0.15) is 42.2 Å². The van der Waals surface area contributed by atoms with Crippen molar-refractivity contribution in [3.05, 3.63) is 21.9 Å². The average Bonchev–Trinajstić information content (AvgIpc) is 2.58. The summed E-state index contributed by atoms with van der Waals surface area (Å²) in [5, 5.41) is 2.06. The largest absolute Gasteiger partial charge is 0.370 e. The highest BCUT2D eigenvalue weighted by molar-refractivity contribution is 7.10. The summed E-state index contributed by atoms with van der Waals surface area (Å²) in [6, 6.07) is 2.20. The summed E-state index contributed by atoms with van der Waals surface area (Å²) in [7, 11) is 0. The zero-order valence-corrected chi connectivity index (χ0v) is 9.85. The molecule has 84 valence electrons. The summed E-state index contributed by atoms with van der Waals surface area (Å²) >= 11 is 1.71. The second-order valence-electron chi connectivity index (χ2n) is 3.79. The van der Waals surface area contributed by atoms with Crippen LogP contribution in [0.5, 0.6) is 0 Å². The van der Waals surface area contributed by atoms with E-state index in [-0.39, 0.29) is 11.9 Å². The zero-order chi connectivity index (χ0) is 11.3. The van der Waals surface area contributed by atoms with Crippen molar-refractivity contribution in [3.8, 4) is 0 Å². The van der Waals surface area contributed by atoms with Gasteiger partial charge in [0.25, 0.3) is 0 Å². The van der Waals surface area contributed by atoms with Crippen LogP contribution in [0.25, 0.3) is 0 Å². The lowest BCUT2D eigenvalue weighted by atomic mass is 10.1. The molecular weight excluding hydrogens is 208 g/mol. The zero-order valence-electron chi connectivity index (χ0n) is 9.03. The van der Waals surface area contributed by atoms with Gasteiger partial charge in [-0.25, -0.2) is 0 Å². The summed E-state index contributed by atoms with van der Waals surface area (Å²) in [4.78, 5) is 11.8. The molecule has 4 N–H and O–H groups in total. The van der Waals surface area contributed by atoms with Crippen LogP contribution >= 0.6 is 11.3 Å². The molecule has 1 rings (SSSR count). The van der Waals surface area contributed by atoms with Crippen molar-refractivity contribution < 1.29 is 4.79 Å². The third-order valence-electron chi connectivity index (χ3n) is 2.43. The molecule has 1 heterocycles. The molecule has 0 aliphatic heterocycles. The standard InChI is InChI=1S/C11H18N2OS/c1-8-6-7-15-11(8)9(12)4-2-3-5-10(13)14/h6-7,9H,2-5,12H2,1H3,(H2,13,14). The summed E-state index contributed by atoms with van der Waals surface area (Å²) < 4.78 is 0. The minimum absolute atomic E-state index is 0.109. The van der Waals surface area contributed by atoms with Crippen molar-refractivity contribution in [2.24, 2.45) is 11.5 Å². The summed E-state index contributed by atoms with van der Waals surface area (Å²) in [6.45, 7) is 2.08. The predicted molar refractivity (Wildman–Crippen MR) is 63.6 cm³/mol. The van der Waals surface area contributed by atoms with Gasteiger partial charge in [-0.3, -0.25) is 4.79 Å². The number of hydrogen-bond acceptors (Lipinski definition) is 3. The Bertz CT molecular complexity index is 322. The van der Waals surface area contributed by atoms with Crippen molar-refractivity contribution in [3.63, 3.8) is 0 Å². The van der Waals surface area contributed by atoms with Gasteiger partial charge in [0.2, 0.25) is 5.91 Å². The van der Waals surface area contributed by atoms with E-state index in [1.54, 1.807) is 11.3 Å². The first kappa shape index (κ1) is 12.2. The molecule has 1 amide bonds. The second kappa shape index (κ2) is 5.88. The van der Waals surface area contributed by atoms with E-state index >= 15 is 0 Å². The Morgan fingerprint density at radius 1 is 1.53 bits per heavy atom. The van der Waals surface area contributed by atoms with Gasteiger partial charge in [0, 0.05) is 17.3 Å². The van der Waals surface area contributed by atoms with Crippen molar-refractivity contribution in [2.75, 3.05) is 0 Å². The van der Waals surface area contributed by atoms with E-state index in [0.717, 1.165) is 19.3 Å². The monoisotopic (exact) mass is 226 g/mol. The Kier molecular flexibility index (Phi) is 4.78. The quantitative estimate of drug-likeness (QED) is 0.729. The number of rotatable bonds is 6. The normalized spacial score (nSPS) is 12.7. The van der Waals surface area contributed by atoms with E-state index in [4.69, 9.17) is 11.5 Å². The topological polar surface area (TPSA) is 69.1 Å². The molecule has 0 spiro atoms. The highest BCUT2D eigenvalue weighted by Crippen LogP contribution is 2.25. The van der Waals surface area contributed by atoms with E-state index < -0.39 is 0 Å². The third-order valence-corrected chi connectivity index (χ3v) is 3.58. The number of aryl methyl sites for hydroxylation is 1. The molecule has 0 aromatic carbocycles. The number of unbranched alkanes of at least 4 members (excludes halogenated alkanes) is 1. The molecular formula is C11H18N2OS. The third kappa shape index (κ3) is 4.01. The minimum atomic E-state index is -0.226.